The van der Waals surface area contributed by atoms with Gasteiger partial charge < -0.3 is 15.2 Å². The van der Waals surface area contributed by atoms with E-state index in [-0.39, 0.29) is 0 Å². The molecular weight excluding hydrogens is 264 g/mol. The summed E-state index contributed by atoms with van der Waals surface area (Å²) in [5.74, 6) is 1.86. The van der Waals surface area contributed by atoms with Crippen LogP contribution in [0.3, 0.4) is 0 Å². The molecule has 5 heteroatoms. The van der Waals surface area contributed by atoms with Gasteiger partial charge in [-0.05, 0) is 50.9 Å². The summed E-state index contributed by atoms with van der Waals surface area (Å²) in [6.07, 6.45) is 4.89. The van der Waals surface area contributed by atoms with Crippen molar-refractivity contribution in [2.45, 2.75) is 43.7 Å². The van der Waals surface area contributed by atoms with Crippen LogP contribution in [0, 0.1) is 0 Å². The minimum Gasteiger partial charge on any atom is -0.399 e. The monoisotopic (exact) mass is 284 g/mol. The molecule has 21 heavy (non-hydrogen) atoms. The molecule has 2 aromatic rings. The molecular formula is C16H20N4O. The number of nitrogens with two attached hydrogens (primary N) is 1. The third-order valence-electron chi connectivity index (χ3n) is 5.04. The van der Waals surface area contributed by atoms with Gasteiger partial charge in [0.15, 0.2) is 5.82 Å². The van der Waals surface area contributed by atoms with E-state index in [1.54, 1.807) is 0 Å². The number of nitrogens with zero attached hydrogens (tertiary/aromatic N) is 3. The van der Waals surface area contributed by atoms with Crippen LogP contribution in [0.4, 0.5) is 5.69 Å². The van der Waals surface area contributed by atoms with Crippen molar-refractivity contribution in [1.82, 2.24) is 15.0 Å². The van der Waals surface area contributed by atoms with Gasteiger partial charge in [-0.3, -0.25) is 0 Å². The molecule has 0 spiro atoms. The van der Waals surface area contributed by atoms with E-state index >= 15 is 0 Å². The highest BCUT2D eigenvalue weighted by Crippen LogP contribution is 2.41. The lowest BCUT2D eigenvalue weighted by atomic mass is 9.90. The Morgan fingerprint density at radius 2 is 2.00 bits per heavy atom. The first kappa shape index (κ1) is 12.8. The zero-order valence-corrected chi connectivity index (χ0v) is 12.2. The largest absolute Gasteiger partial charge is 0.399 e. The Bertz CT molecular complexity index is 639. The third-order valence-corrected chi connectivity index (χ3v) is 5.04. The molecule has 2 aliphatic heterocycles. The van der Waals surface area contributed by atoms with Crippen molar-refractivity contribution in [3.05, 3.63) is 30.1 Å². The Hall–Kier alpha value is -1.88. The molecule has 4 rings (SSSR count). The van der Waals surface area contributed by atoms with Gasteiger partial charge in [0.05, 0.1) is 0 Å². The normalized spacial score (nSPS) is 28.9. The van der Waals surface area contributed by atoms with Gasteiger partial charge in [0.25, 0.3) is 5.89 Å². The first-order valence-electron chi connectivity index (χ1n) is 7.62. The van der Waals surface area contributed by atoms with Crippen molar-refractivity contribution in [3.63, 3.8) is 0 Å². The van der Waals surface area contributed by atoms with Gasteiger partial charge in [-0.2, -0.15) is 4.98 Å². The lowest BCUT2D eigenvalue weighted by molar-refractivity contribution is 0.157. The number of hydrogen-bond donors (Lipinski definition) is 1. The molecule has 0 saturated carbocycles. The van der Waals surface area contributed by atoms with Gasteiger partial charge in [0.1, 0.15) is 0 Å². The summed E-state index contributed by atoms with van der Waals surface area (Å²) in [7, 11) is 2.24. The number of hydrogen-bond acceptors (Lipinski definition) is 5. The van der Waals surface area contributed by atoms with Crippen molar-refractivity contribution in [2.75, 3.05) is 12.8 Å². The fraction of sp³-hybridized carbons (Fsp3) is 0.500. The second-order valence-electron chi connectivity index (χ2n) is 6.30. The van der Waals surface area contributed by atoms with Crippen molar-refractivity contribution >= 4 is 5.69 Å². The number of benzene rings is 1. The maximum atomic E-state index is 5.81. The maximum Gasteiger partial charge on any atom is 0.258 e. The molecule has 2 bridgehead atoms. The van der Waals surface area contributed by atoms with Gasteiger partial charge in [0.2, 0.25) is 0 Å². The summed E-state index contributed by atoms with van der Waals surface area (Å²) < 4.78 is 5.45. The van der Waals surface area contributed by atoms with E-state index in [1.165, 1.54) is 12.8 Å². The average molecular weight is 284 g/mol. The molecule has 3 heterocycles. The summed E-state index contributed by atoms with van der Waals surface area (Å²) in [6.45, 7) is 0. The Balaban J connectivity index is 1.58. The first-order valence-corrected chi connectivity index (χ1v) is 7.62. The van der Waals surface area contributed by atoms with Crippen LogP contribution in [0.1, 0.15) is 37.4 Å². The predicted molar refractivity (Wildman–Crippen MR) is 80.7 cm³/mol. The molecule has 2 N–H and O–H groups in total. The van der Waals surface area contributed by atoms with Crippen LogP contribution >= 0.6 is 0 Å². The summed E-state index contributed by atoms with van der Waals surface area (Å²) >= 11 is 0. The lowest BCUT2D eigenvalue weighted by Crippen LogP contribution is -2.39. The number of nitrogen functional groups attached to an aromatic ring is 1. The fourth-order valence-electron chi connectivity index (χ4n) is 3.81. The van der Waals surface area contributed by atoms with Crippen LogP contribution in [0.25, 0.3) is 11.5 Å². The van der Waals surface area contributed by atoms with E-state index in [1.807, 2.05) is 24.3 Å². The Morgan fingerprint density at radius 1 is 1.24 bits per heavy atom. The molecule has 1 aromatic heterocycles. The van der Waals surface area contributed by atoms with Crippen molar-refractivity contribution in [3.8, 4) is 11.5 Å². The average Bonchev–Trinajstić information content (AvgIpc) is 3.02. The number of anilines is 1. The number of rotatable bonds is 2. The predicted octanol–water partition coefficient (Wildman–Crippen LogP) is 2.66. The Morgan fingerprint density at radius 3 is 2.71 bits per heavy atom. The third kappa shape index (κ3) is 2.21. The van der Waals surface area contributed by atoms with E-state index in [2.05, 4.69) is 22.1 Å². The standard InChI is InChI=1S/C16H20N4O/c1-20-13-5-6-14(20)9-11(8-13)15-18-16(21-19-15)10-3-2-4-12(17)7-10/h2-4,7,11,13-14H,5-6,8-9,17H2,1H3. The topological polar surface area (TPSA) is 68.2 Å². The van der Waals surface area contributed by atoms with E-state index in [9.17, 15) is 0 Å². The molecule has 2 aliphatic rings. The van der Waals surface area contributed by atoms with Crippen LogP contribution in [0.2, 0.25) is 0 Å². The molecule has 2 fully saturated rings. The summed E-state index contributed by atoms with van der Waals surface area (Å²) in [6, 6.07) is 8.95. The van der Waals surface area contributed by atoms with Crippen molar-refractivity contribution < 1.29 is 4.52 Å². The number of aromatic nitrogens is 2. The quantitative estimate of drug-likeness (QED) is 0.859. The molecule has 5 nitrogen and oxygen atoms in total. The smallest absolute Gasteiger partial charge is 0.258 e. The molecule has 0 radical (unpaired) electrons. The van der Waals surface area contributed by atoms with E-state index in [0.717, 1.165) is 24.2 Å². The van der Waals surface area contributed by atoms with Gasteiger partial charge in [-0.25, -0.2) is 0 Å². The molecule has 0 aliphatic carbocycles. The van der Waals surface area contributed by atoms with Gasteiger partial charge in [-0.1, -0.05) is 11.2 Å². The molecule has 2 saturated heterocycles. The van der Waals surface area contributed by atoms with Crippen LogP contribution < -0.4 is 5.73 Å². The molecule has 110 valence electrons. The number of piperidine rings is 1. The van der Waals surface area contributed by atoms with Crippen LogP contribution in [-0.2, 0) is 0 Å². The maximum absolute atomic E-state index is 5.81. The second-order valence-corrected chi connectivity index (χ2v) is 6.30. The Kier molecular flexibility index (Phi) is 2.96. The van der Waals surface area contributed by atoms with Crippen molar-refractivity contribution in [2.24, 2.45) is 0 Å². The van der Waals surface area contributed by atoms with E-state index in [4.69, 9.17) is 10.3 Å². The van der Waals surface area contributed by atoms with E-state index < -0.39 is 0 Å². The summed E-state index contributed by atoms with van der Waals surface area (Å²) in [5.41, 5.74) is 7.42. The summed E-state index contributed by atoms with van der Waals surface area (Å²) in [5, 5.41) is 4.22. The SMILES string of the molecule is CN1C2CCC1CC(c1noc(-c3cccc(N)c3)n1)C2. The molecule has 2 unspecified atom stereocenters. The first-order chi connectivity index (χ1) is 10.2. The van der Waals surface area contributed by atoms with Gasteiger partial charge in [0, 0.05) is 29.3 Å². The summed E-state index contributed by atoms with van der Waals surface area (Å²) in [4.78, 5) is 7.14. The lowest BCUT2D eigenvalue weighted by Gasteiger charge is -2.34. The fourth-order valence-corrected chi connectivity index (χ4v) is 3.81. The molecule has 2 atom stereocenters. The molecule has 0 amide bonds. The van der Waals surface area contributed by atoms with Gasteiger partial charge >= 0.3 is 0 Å². The Labute approximate surface area is 124 Å². The van der Waals surface area contributed by atoms with Crippen LogP contribution in [0.15, 0.2) is 28.8 Å². The number of fused-ring (bicyclic) bond motifs is 2. The van der Waals surface area contributed by atoms with Crippen LogP contribution in [-0.4, -0.2) is 34.2 Å². The van der Waals surface area contributed by atoms with E-state index in [0.29, 0.717) is 29.6 Å². The highest BCUT2D eigenvalue weighted by Gasteiger charge is 2.40. The van der Waals surface area contributed by atoms with Gasteiger partial charge in [-0.15, -0.1) is 0 Å². The minimum absolute atomic E-state index is 0.428. The van der Waals surface area contributed by atoms with Crippen LogP contribution in [0.5, 0.6) is 0 Å². The zero-order chi connectivity index (χ0) is 14.4. The highest BCUT2D eigenvalue weighted by molar-refractivity contribution is 5.59. The van der Waals surface area contributed by atoms with Crippen molar-refractivity contribution in [1.29, 1.82) is 0 Å². The zero-order valence-electron chi connectivity index (χ0n) is 12.2. The molecule has 1 aromatic carbocycles. The minimum atomic E-state index is 0.428. The second kappa shape index (κ2) is 4.84. The highest BCUT2D eigenvalue weighted by atomic mass is 16.5.